The number of rotatable bonds is 9. The molecule has 1 N–H and O–H groups in total. The quantitative estimate of drug-likeness (QED) is 0.375. The third kappa shape index (κ3) is 7.03. The molecule has 1 saturated heterocycles. The van der Waals surface area contributed by atoms with Gasteiger partial charge in [-0.25, -0.2) is 9.18 Å². The van der Waals surface area contributed by atoms with Gasteiger partial charge in [0, 0.05) is 33.1 Å². The van der Waals surface area contributed by atoms with Gasteiger partial charge >= 0.3 is 17.9 Å². The Labute approximate surface area is 207 Å². The van der Waals surface area contributed by atoms with E-state index in [1.807, 2.05) is 0 Å². The minimum absolute atomic E-state index is 0.122. The lowest BCUT2D eigenvalue weighted by Gasteiger charge is -2.36. The number of hydrogen-bond donors (Lipinski definition) is 1. The van der Waals surface area contributed by atoms with Gasteiger partial charge in [0.05, 0.1) is 37.8 Å². The van der Waals surface area contributed by atoms with E-state index >= 15 is 0 Å². The Morgan fingerprint density at radius 1 is 1.11 bits per heavy atom. The second kappa shape index (κ2) is 12.1. The molecular weight excluding hydrogens is 477 g/mol. The molecule has 1 atom stereocenters. The van der Waals surface area contributed by atoms with Gasteiger partial charge in [0.25, 0.3) is 5.91 Å². The normalized spacial score (nSPS) is 17.2. The number of nitrogens with zero attached hydrogens (tertiary/aromatic N) is 2. The Balaban J connectivity index is 1.51. The molecule has 3 rings (SSSR count). The van der Waals surface area contributed by atoms with Crippen molar-refractivity contribution in [2.75, 3.05) is 51.3 Å². The number of piperazine rings is 1. The van der Waals surface area contributed by atoms with Crippen LogP contribution in [0.3, 0.4) is 0 Å². The van der Waals surface area contributed by atoms with Gasteiger partial charge in [-0.3, -0.25) is 19.2 Å². The molecular formula is C24H28FN3O8. The molecule has 0 spiro atoms. The summed E-state index contributed by atoms with van der Waals surface area (Å²) in [6.45, 7) is 2.40. The number of carbonyl (C=O) groups excluding carboxylic acids is 5. The number of methoxy groups -OCH3 is 1. The molecule has 0 saturated carbocycles. The average Bonchev–Trinajstić information content (AvgIpc) is 3.25. The van der Waals surface area contributed by atoms with E-state index in [2.05, 4.69) is 10.1 Å². The monoisotopic (exact) mass is 505 g/mol. The van der Waals surface area contributed by atoms with Gasteiger partial charge in [0.2, 0.25) is 5.91 Å². The molecule has 0 aliphatic carbocycles. The molecule has 0 radical (unpaired) electrons. The first-order valence-electron chi connectivity index (χ1n) is 11.4. The van der Waals surface area contributed by atoms with Crippen LogP contribution in [0.2, 0.25) is 0 Å². The van der Waals surface area contributed by atoms with Crippen LogP contribution >= 0.6 is 0 Å². The molecule has 1 aromatic rings. The Kier molecular flexibility index (Phi) is 8.98. The maximum atomic E-state index is 14.9. The van der Waals surface area contributed by atoms with Gasteiger partial charge < -0.3 is 29.3 Å². The molecule has 11 nitrogen and oxygen atoms in total. The second-order valence-corrected chi connectivity index (χ2v) is 8.23. The smallest absolute Gasteiger partial charge is 0.339 e. The van der Waals surface area contributed by atoms with Crippen LogP contribution in [-0.4, -0.2) is 87.2 Å². The Morgan fingerprint density at radius 3 is 2.44 bits per heavy atom. The Morgan fingerprint density at radius 2 is 1.81 bits per heavy atom. The summed E-state index contributed by atoms with van der Waals surface area (Å²) in [7, 11) is 1.21. The summed E-state index contributed by atoms with van der Waals surface area (Å²) in [6, 6.07) is 4.45. The van der Waals surface area contributed by atoms with Crippen LogP contribution in [0, 0.1) is 5.82 Å². The van der Waals surface area contributed by atoms with E-state index in [1.54, 1.807) is 23.1 Å². The third-order valence-electron chi connectivity index (χ3n) is 5.73. The Hall–Kier alpha value is -3.96. The fourth-order valence-electron chi connectivity index (χ4n) is 3.79. The maximum absolute atomic E-state index is 14.9. The van der Waals surface area contributed by atoms with E-state index < -0.39 is 36.4 Å². The van der Waals surface area contributed by atoms with E-state index in [-0.39, 0.29) is 36.8 Å². The minimum atomic E-state index is -0.669. The summed E-state index contributed by atoms with van der Waals surface area (Å²) < 4.78 is 29.5. The van der Waals surface area contributed by atoms with Crippen LogP contribution in [0.1, 0.15) is 25.3 Å². The molecule has 12 heteroatoms. The van der Waals surface area contributed by atoms with E-state index in [9.17, 15) is 28.4 Å². The lowest BCUT2D eigenvalue weighted by molar-refractivity contribution is -0.154. The zero-order chi connectivity index (χ0) is 26.2. The lowest BCUT2D eigenvalue weighted by atomic mass is 10.0. The molecule has 0 aromatic heterocycles. The van der Waals surface area contributed by atoms with Crippen molar-refractivity contribution in [3.63, 3.8) is 0 Å². The van der Waals surface area contributed by atoms with Gasteiger partial charge in [0.1, 0.15) is 11.9 Å². The van der Waals surface area contributed by atoms with Crippen molar-refractivity contribution in [1.82, 2.24) is 10.2 Å². The number of ether oxygens (including phenoxy) is 3. The first kappa shape index (κ1) is 26.6. The highest BCUT2D eigenvalue weighted by molar-refractivity contribution is 6.18. The van der Waals surface area contributed by atoms with E-state index in [0.29, 0.717) is 37.4 Å². The summed E-state index contributed by atoms with van der Waals surface area (Å²) >= 11 is 0. The molecule has 2 heterocycles. The number of halogens is 1. The number of nitrogens with one attached hydrogen (secondary N) is 1. The first-order chi connectivity index (χ1) is 17.2. The number of anilines is 1. The fraction of sp³-hybridized carbons (Fsp3) is 0.458. The number of esters is 3. The summed E-state index contributed by atoms with van der Waals surface area (Å²) in [4.78, 5) is 61.6. The molecule has 194 valence electrons. The zero-order valence-corrected chi connectivity index (χ0v) is 20.1. The van der Waals surface area contributed by atoms with Gasteiger partial charge in [-0.05, 0) is 23.8 Å². The zero-order valence-electron chi connectivity index (χ0n) is 20.1. The summed E-state index contributed by atoms with van der Waals surface area (Å²) in [5.74, 6) is -2.95. The summed E-state index contributed by atoms with van der Waals surface area (Å²) in [5, 5.41) is 2.57. The van der Waals surface area contributed by atoms with E-state index in [0.717, 1.165) is 0 Å². The molecule has 0 bridgehead atoms. The number of cyclic esters (lactones) is 1. The van der Waals surface area contributed by atoms with Crippen molar-refractivity contribution < 1.29 is 42.6 Å². The molecule has 0 unspecified atom stereocenters. The second-order valence-electron chi connectivity index (χ2n) is 8.23. The first-order valence-corrected chi connectivity index (χ1v) is 11.4. The lowest BCUT2D eigenvalue weighted by Crippen LogP contribution is -2.50. The number of amides is 2. The fourth-order valence-corrected chi connectivity index (χ4v) is 3.79. The SMILES string of the molecule is COC(=O)CCC(=O)OCC(=O)N1CCN(c2ccc(C3=C[C@H](CNC(C)=O)OC3=O)cc2F)CC1. The van der Waals surface area contributed by atoms with Crippen molar-refractivity contribution in [3.05, 3.63) is 35.7 Å². The Bertz CT molecular complexity index is 1070. The summed E-state index contributed by atoms with van der Waals surface area (Å²) in [5.41, 5.74) is 0.934. The van der Waals surface area contributed by atoms with Crippen molar-refractivity contribution in [2.45, 2.75) is 25.9 Å². The van der Waals surface area contributed by atoms with Gasteiger partial charge in [-0.2, -0.15) is 0 Å². The molecule has 1 fully saturated rings. The van der Waals surface area contributed by atoms with E-state index in [1.165, 1.54) is 25.0 Å². The van der Waals surface area contributed by atoms with E-state index in [4.69, 9.17) is 9.47 Å². The van der Waals surface area contributed by atoms with Crippen molar-refractivity contribution in [2.24, 2.45) is 0 Å². The highest BCUT2D eigenvalue weighted by Gasteiger charge is 2.28. The van der Waals surface area contributed by atoms with Gasteiger partial charge in [-0.15, -0.1) is 0 Å². The van der Waals surface area contributed by atoms with Crippen molar-refractivity contribution >= 4 is 41.0 Å². The van der Waals surface area contributed by atoms with Crippen LogP contribution in [0.4, 0.5) is 10.1 Å². The highest BCUT2D eigenvalue weighted by atomic mass is 19.1. The van der Waals surface area contributed by atoms with Crippen LogP contribution < -0.4 is 10.2 Å². The number of hydrogen-bond acceptors (Lipinski definition) is 9. The number of carbonyl (C=O) groups is 5. The standard InChI is InChI=1S/C24H28FN3O8/c1-15(29)26-13-17-12-18(24(33)36-17)16-3-4-20(19(25)11-16)27-7-9-28(10-8-27)21(30)14-35-23(32)6-5-22(31)34-2/h3-4,11-12,17H,5-10,13-14H2,1-2H3,(H,26,29)/t17-/m1/s1. The molecule has 1 aromatic carbocycles. The van der Waals surface area contributed by atoms with Crippen LogP contribution in [-0.2, 0) is 38.2 Å². The molecule has 36 heavy (non-hydrogen) atoms. The highest BCUT2D eigenvalue weighted by Crippen LogP contribution is 2.29. The molecule has 2 amide bonds. The van der Waals surface area contributed by atoms with Crippen LogP contribution in [0.15, 0.2) is 24.3 Å². The van der Waals surface area contributed by atoms with Crippen LogP contribution in [0.5, 0.6) is 0 Å². The largest absolute Gasteiger partial charge is 0.469 e. The third-order valence-corrected chi connectivity index (χ3v) is 5.73. The van der Waals surface area contributed by atoms with Gasteiger partial charge in [-0.1, -0.05) is 6.07 Å². The van der Waals surface area contributed by atoms with Crippen molar-refractivity contribution in [1.29, 1.82) is 0 Å². The van der Waals surface area contributed by atoms with Gasteiger partial charge in [0.15, 0.2) is 6.61 Å². The van der Waals surface area contributed by atoms with Crippen molar-refractivity contribution in [3.8, 4) is 0 Å². The molecule has 2 aliphatic rings. The minimum Gasteiger partial charge on any atom is -0.469 e. The average molecular weight is 505 g/mol. The van der Waals surface area contributed by atoms with Crippen LogP contribution in [0.25, 0.3) is 5.57 Å². The predicted molar refractivity (Wildman–Crippen MR) is 124 cm³/mol. The summed E-state index contributed by atoms with van der Waals surface area (Å²) in [6.07, 6.45) is 0.646. The number of benzene rings is 1. The molecule has 2 aliphatic heterocycles. The maximum Gasteiger partial charge on any atom is 0.339 e. The predicted octanol–water partition coefficient (Wildman–Crippen LogP) is 0.416. The topological polar surface area (TPSA) is 132 Å².